The third kappa shape index (κ3) is 44.5. The Bertz CT molecular complexity index is 707. The molecule has 0 aromatic heterocycles. The first-order valence-corrected chi connectivity index (χ1v) is 22.0. The van der Waals surface area contributed by atoms with Crippen LogP contribution < -0.4 is 4.90 Å². The number of carbonyl (C=O) groups excluding carboxylic acids is 3. The molecular weight excluding hydrogens is 638 g/mol. The van der Waals surface area contributed by atoms with Crippen LogP contribution in [-0.4, -0.2) is 51.4 Å². The van der Waals surface area contributed by atoms with Crippen LogP contribution in [0.15, 0.2) is 0 Å². The number of rotatable bonds is 36. The summed E-state index contributed by atoms with van der Waals surface area (Å²) in [5, 5.41) is 0. The van der Waals surface area contributed by atoms with Crippen molar-refractivity contribution in [2.75, 3.05) is 21.1 Å². The maximum Gasteiger partial charge on any atom is 0.309 e. The highest BCUT2D eigenvalue weighted by molar-refractivity contribution is 5.71. The lowest BCUT2D eigenvalue weighted by Gasteiger charge is -2.23. The van der Waals surface area contributed by atoms with Gasteiger partial charge in [-0.1, -0.05) is 194 Å². The Morgan fingerprint density at radius 1 is 0.412 bits per heavy atom. The maximum atomic E-state index is 12.5. The molecule has 1 N–H and O–H groups in total. The summed E-state index contributed by atoms with van der Waals surface area (Å²) in [5.74, 6) is -1.33. The van der Waals surface area contributed by atoms with Gasteiger partial charge in [0, 0.05) is 19.8 Å². The molecule has 0 heterocycles. The van der Waals surface area contributed by atoms with E-state index in [-0.39, 0.29) is 12.8 Å². The molecule has 1 atom stereocenters. The van der Waals surface area contributed by atoms with Gasteiger partial charge in [-0.2, -0.15) is 0 Å². The van der Waals surface area contributed by atoms with Crippen LogP contribution in [0.5, 0.6) is 0 Å². The van der Waals surface area contributed by atoms with Crippen LogP contribution in [0.1, 0.15) is 233 Å². The SMILES string of the molecule is CCCCCCCCCCCCCCCCCC(=O)OC(OC(=O)CCCCCCCCCCCCCCCCC)C(C)OC(C)=O.C[NH+](C)C. The van der Waals surface area contributed by atoms with Crippen LogP contribution in [0.3, 0.4) is 0 Å². The van der Waals surface area contributed by atoms with Crippen molar-refractivity contribution >= 4 is 17.9 Å². The molecule has 51 heavy (non-hydrogen) atoms. The fourth-order valence-electron chi connectivity index (χ4n) is 6.19. The van der Waals surface area contributed by atoms with E-state index in [0.717, 1.165) is 38.5 Å². The predicted molar refractivity (Wildman–Crippen MR) is 215 cm³/mol. The molecule has 0 aromatic carbocycles. The Morgan fingerprint density at radius 3 is 0.843 bits per heavy atom. The van der Waals surface area contributed by atoms with Crippen molar-refractivity contribution in [1.29, 1.82) is 0 Å². The number of unbranched alkanes of at least 4 members (excludes halogenated alkanes) is 28. The third-order valence-electron chi connectivity index (χ3n) is 9.20. The summed E-state index contributed by atoms with van der Waals surface area (Å²) >= 11 is 0. The van der Waals surface area contributed by atoms with E-state index >= 15 is 0 Å². The maximum absolute atomic E-state index is 12.5. The zero-order valence-electron chi connectivity index (χ0n) is 35.2. The topological polar surface area (TPSA) is 83.3 Å². The molecular formula is C44H88NO6+. The lowest BCUT2D eigenvalue weighted by Crippen LogP contribution is -3.02. The van der Waals surface area contributed by atoms with Gasteiger partial charge >= 0.3 is 17.9 Å². The van der Waals surface area contributed by atoms with Crippen molar-refractivity contribution in [3.8, 4) is 0 Å². The van der Waals surface area contributed by atoms with Crippen molar-refractivity contribution in [3.05, 3.63) is 0 Å². The molecule has 0 rings (SSSR count). The van der Waals surface area contributed by atoms with E-state index in [9.17, 15) is 14.4 Å². The summed E-state index contributed by atoms with van der Waals surface area (Å²) in [7, 11) is 6.25. The summed E-state index contributed by atoms with van der Waals surface area (Å²) in [6.07, 6.45) is 36.4. The van der Waals surface area contributed by atoms with Gasteiger partial charge in [-0.3, -0.25) is 14.4 Å². The first-order valence-electron chi connectivity index (χ1n) is 22.0. The van der Waals surface area contributed by atoms with Gasteiger partial charge < -0.3 is 19.1 Å². The second kappa shape index (κ2) is 41.1. The molecule has 0 bridgehead atoms. The largest absolute Gasteiger partial charge is 0.455 e. The van der Waals surface area contributed by atoms with Gasteiger partial charge in [0.1, 0.15) is 0 Å². The van der Waals surface area contributed by atoms with Gasteiger partial charge in [0.15, 0.2) is 6.10 Å². The normalized spacial score (nSPS) is 11.7. The van der Waals surface area contributed by atoms with Gasteiger partial charge in [0.25, 0.3) is 6.29 Å². The first-order chi connectivity index (χ1) is 24.6. The minimum Gasteiger partial charge on any atom is -0.455 e. The number of hydrogen-bond acceptors (Lipinski definition) is 6. The number of ether oxygens (including phenoxy) is 3. The minimum atomic E-state index is -1.20. The zero-order chi connectivity index (χ0) is 38.2. The summed E-state index contributed by atoms with van der Waals surface area (Å²) in [5.41, 5.74) is 0. The van der Waals surface area contributed by atoms with E-state index in [2.05, 4.69) is 35.0 Å². The average molecular weight is 727 g/mol. The molecule has 0 spiro atoms. The number of hydrogen-bond donors (Lipinski definition) is 1. The molecule has 0 aromatic rings. The second-order valence-electron chi connectivity index (χ2n) is 15.6. The summed E-state index contributed by atoms with van der Waals surface area (Å²) in [6.45, 7) is 7.42. The quantitative estimate of drug-likeness (QED) is 0.0393. The van der Waals surface area contributed by atoms with Gasteiger partial charge in [-0.25, -0.2) is 0 Å². The molecule has 0 saturated heterocycles. The predicted octanol–water partition coefficient (Wildman–Crippen LogP) is 11.6. The van der Waals surface area contributed by atoms with Crippen LogP contribution in [0.2, 0.25) is 0 Å². The zero-order valence-corrected chi connectivity index (χ0v) is 35.2. The van der Waals surface area contributed by atoms with E-state index in [4.69, 9.17) is 14.2 Å². The van der Waals surface area contributed by atoms with Gasteiger partial charge in [0.2, 0.25) is 0 Å². The van der Waals surface area contributed by atoms with E-state index in [1.54, 1.807) is 6.92 Å². The third-order valence-corrected chi connectivity index (χ3v) is 9.20. The molecule has 0 aliphatic heterocycles. The first kappa shape index (κ1) is 51.5. The van der Waals surface area contributed by atoms with Crippen LogP contribution >= 0.6 is 0 Å². The summed E-state index contributed by atoms with van der Waals surface area (Å²) < 4.78 is 16.1. The Labute approximate surface area is 317 Å². The fourth-order valence-corrected chi connectivity index (χ4v) is 6.19. The van der Waals surface area contributed by atoms with Crippen LogP contribution in [0, 0.1) is 0 Å². The van der Waals surface area contributed by atoms with Gasteiger partial charge in [0.05, 0.1) is 21.1 Å². The molecule has 0 aliphatic rings. The van der Waals surface area contributed by atoms with Crippen LogP contribution in [-0.2, 0) is 28.6 Å². The molecule has 7 heteroatoms. The molecule has 1 unspecified atom stereocenters. The number of carbonyl (C=O) groups is 3. The molecule has 0 radical (unpaired) electrons. The van der Waals surface area contributed by atoms with E-state index in [1.807, 2.05) is 0 Å². The molecule has 0 amide bonds. The molecule has 0 saturated carbocycles. The lowest BCUT2D eigenvalue weighted by atomic mass is 10.0. The number of quaternary nitrogens is 1. The lowest BCUT2D eigenvalue weighted by molar-refractivity contribution is -0.836. The minimum absolute atomic E-state index is 0.276. The smallest absolute Gasteiger partial charge is 0.309 e. The standard InChI is InChI=1S/C41H78O6.C3H9N/c1-5-7-9-11-13-15-17-19-21-23-25-27-29-31-33-35-39(43)46-41(37(3)45-38(4)42)47-40(44)36-34-32-30-28-26-24-22-20-18-16-14-12-10-8-6-2;1-4(2)3/h37,41H,5-36H2,1-4H3;1-3H3/p+1. The van der Waals surface area contributed by atoms with Crippen molar-refractivity contribution in [2.45, 2.75) is 246 Å². The van der Waals surface area contributed by atoms with Gasteiger partial charge in [-0.05, 0) is 19.8 Å². The van der Waals surface area contributed by atoms with Crippen molar-refractivity contribution in [2.24, 2.45) is 0 Å². The Hall–Kier alpha value is -1.63. The molecule has 7 nitrogen and oxygen atoms in total. The van der Waals surface area contributed by atoms with Gasteiger partial charge in [-0.15, -0.1) is 0 Å². The van der Waals surface area contributed by atoms with E-state index in [0.29, 0.717) is 0 Å². The van der Waals surface area contributed by atoms with E-state index < -0.39 is 30.3 Å². The summed E-state index contributed by atoms with van der Waals surface area (Å²) in [6, 6.07) is 0. The van der Waals surface area contributed by atoms with E-state index in [1.165, 1.54) is 166 Å². The monoisotopic (exact) mass is 727 g/mol. The fraction of sp³-hybridized carbons (Fsp3) is 0.932. The molecule has 0 aliphatic carbocycles. The second-order valence-corrected chi connectivity index (χ2v) is 15.6. The average Bonchev–Trinajstić information content (AvgIpc) is 3.07. The highest BCUT2D eigenvalue weighted by atomic mass is 16.7. The number of esters is 3. The molecule has 304 valence electrons. The van der Waals surface area contributed by atoms with Crippen LogP contribution in [0.25, 0.3) is 0 Å². The number of nitrogens with one attached hydrogen (secondary N) is 1. The summed E-state index contributed by atoms with van der Waals surface area (Å²) in [4.78, 5) is 37.9. The van der Waals surface area contributed by atoms with Crippen molar-refractivity contribution < 1.29 is 33.5 Å². The Balaban J connectivity index is 0. The van der Waals surface area contributed by atoms with Crippen molar-refractivity contribution in [3.63, 3.8) is 0 Å². The van der Waals surface area contributed by atoms with Crippen molar-refractivity contribution in [1.82, 2.24) is 0 Å². The van der Waals surface area contributed by atoms with Crippen LogP contribution in [0.4, 0.5) is 0 Å². The Kier molecular flexibility index (Phi) is 41.5. The highest BCUT2D eigenvalue weighted by Crippen LogP contribution is 2.17. The molecule has 0 fully saturated rings. The Morgan fingerprint density at radius 2 is 0.627 bits per heavy atom. The highest BCUT2D eigenvalue weighted by Gasteiger charge is 2.27.